The first kappa shape index (κ1) is 15.3. The molecule has 1 atom stereocenters. The van der Waals surface area contributed by atoms with Crippen LogP contribution in [0.5, 0.6) is 0 Å². The maximum absolute atomic E-state index is 12.1. The summed E-state index contributed by atoms with van der Waals surface area (Å²) in [6.07, 6.45) is 0.497. The second-order valence-corrected chi connectivity index (χ2v) is 5.38. The Morgan fingerprint density at radius 2 is 2.00 bits per heavy atom. The zero-order chi connectivity index (χ0) is 15.4. The van der Waals surface area contributed by atoms with E-state index in [1.54, 1.807) is 24.4 Å². The zero-order valence-corrected chi connectivity index (χ0v) is 12.9. The van der Waals surface area contributed by atoms with Gasteiger partial charge in [0.15, 0.2) is 0 Å². The average Bonchev–Trinajstić information content (AvgIpc) is 2.83. The van der Waals surface area contributed by atoms with Crippen molar-refractivity contribution in [2.75, 3.05) is 12.3 Å². The smallest absolute Gasteiger partial charge is 0.329 e. The van der Waals surface area contributed by atoms with E-state index in [0.29, 0.717) is 24.4 Å². The van der Waals surface area contributed by atoms with E-state index in [4.69, 9.17) is 10.5 Å². The summed E-state index contributed by atoms with van der Waals surface area (Å²) < 4.78 is 6.58. The Bertz CT molecular complexity index is 673. The van der Waals surface area contributed by atoms with Crippen molar-refractivity contribution in [2.45, 2.75) is 26.3 Å². The Morgan fingerprint density at radius 1 is 1.33 bits per heavy atom. The number of thiazole rings is 1. The summed E-state index contributed by atoms with van der Waals surface area (Å²) in [5.74, 6) is -0.378. The predicted molar refractivity (Wildman–Crippen MR) is 84.4 cm³/mol. The Balaban J connectivity index is 2.48. The number of carbonyl (C=O) groups is 1. The molecule has 1 aromatic carbocycles. The third-order valence-corrected chi connectivity index (χ3v) is 3.93. The second kappa shape index (κ2) is 6.58. The fourth-order valence-corrected chi connectivity index (χ4v) is 2.97. The van der Waals surface area contributed by atoms with Crippen molar-refractivity contribution in [1.82, 2.24) is 4.57 Å². The first-order chi connectivity index (χ1) is 10.1. The van der Waals surface area contributed by atoms with Crippen LogP contribution in [0, 0.1) is 0 Å². The third kappa shape index (κ3) is 3.16. The van der Waals surface area contributed by atoms with Crippen molar-refractivity contribution in [1.29, 1.82) is 0 Å². The molecule has 0 fully saturated rings. The summed E-state index contributed by atoms with van der Waals surface area (Å²) in [7, 11) is 0. The van der Waals surface area contributed by atoms with Gasteiger partial charge in [-0.05, 0) is 31.0 Å². The number of ether oxygens (including phenoxy) is 1. The Hall–Kier alpha value is -2.08. The van der Waals surface area contributed by atoms with Gasteiger partial charge < -0.3 is 10.5 Å². The van der Waals surface area contributed by atoms with E-state index in [0.717, 1.165) is 16.9 Å². The molecule has 21 heavy (non-hydrogen) atoms. The van der Waals surface area contributed by atoms with Gasteiger partial charge in [-0.3, -0.25) is 9.36 Å². The quantitative estimate of drug-likeness (QED) is 0.681. The molecule has 0 aliphatic heterocycles. The molecule has 0 aliphatic rings. The summed E-state index contributed by atoms with van der Waals surface area (Å²) in [5.41, 5.74) is 7.90. The number of nitrogens with zero attached hydrogens (tertiary/aromatic N) is 1. The van der Waals surface area contributed by atoms with E-state index in [1.807, 2.05) is 19.1 Å². The number of esters is 1. The summed E-state index contributed by atoms with van der Waals surface area (Å²) >= 11 is 1.08. The van der Waals surface area contributed by atoms with Crippen LogP contribution >= 0.6 is 11.3 Å². The maximum atomic E-state index is 12.1. The van der Waals surface area contributed by atoms with Crippen LogP contribution < -0.4 is 10.6 Å². The first-order valence-corrected chi connectivity index (χ1v) is 7.69. The molecule has 5 nitrogen and oxygen atoms in total. The maximum Gasteiger partial charge on any atom is 0.329 e. The van der Waals surface area contributed by atoms with Gasteiger partial charge in [0.1, 0.15) is 6.04 Å². The molecule has 1 heterocycles. The van der Waals surface area contributed by atoms with Gasteiger partial charge in [-0.2, -0.15) is 0 Å². The minimum atomic E-state index is -0.601. The van der Waals surface area contributed by atoms with Crippen molar-refractivity contribution in [3.8, 4) is 11.3 Å². The Labute approximate surface area is 127 Å². The van der Waals surface area contributed by atoms with Crippen LogP contribution in [0.1, 0.15) is 26.3 Å². The van der Waals surface area contributed by atoms with E-state index in [1.165, 1.54) is 4.57 Å². The fraction of sp³-hybridized carbons (Fsp3) is 0.333. The highest BCUT2D eigenvalue weighted by molar-refractivity contribution is 7.07. The number of benzene rings is 1. The van der Waals surface area contributed by atoms with Crippen molar-refractivity contribution in [3.63, 3.8) is 0 Å². The number of nitrogens with two attached hydrogens (primary N) is 1. The lowest BCUT2D eigenvalue weighted by atomic mass is 10.1. The summed E-state index contributed by atoms with van der Waals surface area (Å²) in [6, 6.07) is 6.62. The van der Waals surface area contributed by atoms with Crippen molar-refractivity contribution < 1.29 is 9.53 Å². The third-order valence-electron chi connectivity index (χ3n) is 3.19. The number of rotatable bonds is 5. The normalized spacial score (nSPS) is 12.1. The molecule has 112 valence electrons. The highest BCUT2D eigenvalue weighted by Gasteiger charge is 2.24. The molecule has 0 saturated carbocycles. The van der Waals surface area contributed by atoms with Gasteiger partial charge in [-0.15, -0.1) is 0 Å². The van der Waals surface area contributed by atoms with Gasteiger partial charge in [0, 0.05) is 11.1 Å². The van der Waals surface area contributed by atoms with Crippen LogP contribution in [-0.4, -0.2) is 17.1 Å². The van der Waals surface area contributed by atoms with Crippen molar-refractivity contribution >= 4 is 23.0 Å². The van der Waals surface area contributed by atoms with Crippen LogP contribution in [-0.2, 0) is 9.53 Å². The number of hydrogen-bond donors (Lipinski definition) is 1. The Kier molecular flexibility index (Phi) is 4.80. The molecule has 2 aromatic rings. The van der Waals surface area contributed by atoms with Gasteiger partial charge in [-0.25, -0.2) is 4.79 Å². The molecular weight excluding hydrogens is 288 g/mol. The van der Waals surface area contributed by atoms with Crippen LogP contribution in [0.25, 0.3) is 11.3 Å². The number of anilines is 1. The topological polar surface area (TPSA) is 74.3 Å². The van der Waals surface area contributed by atoms with E-state index >= 15 is 0 Å². The largest absolute Gasteiger partial charge is 0.464 e. The molecular formula is C15H18N2O3S. The highest BCUT2D eigenvalue weighted by Crippen LogP contribution is 2.26. The zero-order valence-electron chi connectivity index (χ0n) is 12.0. The molecule has 1 unspecified atom stereocenters. The van der Waals surface area contributed by atoms with E-state index in [-0.39, 0.29) is 10.8 Å². The van der Waals surface area contributed by atoms with Crippen molar-refractivity contribution in [3.05, 3.63) is 39.3 Å². The van der Waals surface area contributed by atoms with Crippen LogP contribution in [0.3, 0.4) is 0 Å². The van der Waals surface area contributed by atoms with Gasteiger partial charge in [0.2, 0.25) is 0 Å². The van der Waals surface area contributed by atoms with Gasteiger partial charge in [0.05, 0.1) is 12.3 Å². The molecule has 0 radical (unpaired) electrons. The number of aromatic nitrogens is 1. The van der Waals surface area contributed by atoms with Gasteiger partial charge in [-0.1, -0.05) is 30.4 Å². The summed E-state index contributed by atoms with van der Waals surface area (Å²) in [6.45, 7) is 3.91. The molecule has 6 heteroatoms. The van der Waals surface area contributed by atoms with Gasteiger partial charge in [0.25, 0.3) is 0 Å². The molecule has 2 rings (SSSR count). The summed E-state index contributed by atoms with van der Waals surface area (Å²) in [4.78, 5) is 24.0. The average molecular weight is 306 g/mol. The van der Waals surface area contributed by atoms with Crippen LogP contribution in [0.4, 0.5) is 5.69 Å². The SMILES string of the molecule is CCOC(=O)C(CC)n1c(-c2ccc(N)cc2)csc1=O. The first-order valence-electron chi connectivity index (χ1n) is 6.81. The lowest BCUT2D eigenvalue weighted by molar-refractivity contribution is -0.147. The highest BCUT2D eigenvalue weighted by atomic mass is 32.1. The standard InChI is InChI=1S/C15H18N2O3S/c1-3-12(14(18)20-4-2)17-13(9-21-15(17)19)10-5-7-11(16)8-6-10/h5-9,12H,3-4,16H2,1-2H3. The number of nitrogen functional groups attached to an aromatic ring is 1. The van der Waals surface area contributed by atoms with E-state index in [9.17, 15) is 9.59 Å². The second-order valence-electron chi connectivity index (χ2n) is 4.55. The lowest BCUT2D eigenvalue weighted by Gasteiger charge is -2.17. The van der Waals surface area contributed by atoms with E-state index in [2.05, 4.69) is 0 Å². The Morgan fingerprint density at radius 3 is 2.57 bits per heavy atom. The minimum absolute atomic E-state index is 0.165. The number of carbonyl (C=O) groups excluding carboxylic acids is 1. The molecule has 0 aliphatic carbocycles. The van der Waals surface area contributed by atoms with Crippen LogP contribution in [0.2, 0.25) is 0 Å². The molecule has 0 spiro atoms. The fourth-order valence-electron chi connectivity index (χ4n) is 2.17. The van der Waals surface area contributed by atoms with Gasteiger partial charge >= 0.3 is 10.8 Å². The molecule has 1 aromatic heterocycles. The predicted octanol–water partition coefficient (Wildman–Crippen LogP) is 2.67. The monoisotopic (exact) mass is 306 g/mol. The molecule has 0 amide bonds. The van der Waals surface area contributed by atoms with E-state index < -0.39 is 6.04 Å². The minimum Gasteiger partial charge on any atom is -0.464 e. The molecule has 0 bridgehead atoms. The molecule has 2 N–H and O–H groups in total. The summed E-state index contributed by atoms with van der Waals surface area (Å²) in [5, 5.41) is 1.76. The molecule has 0 saturated heterocycles. The van der Waals surface area contributed by atoms with Crippen LogP contribution in [0.15, 0.2) is 34.4 Å². The number of hydrogen-bond acceptors (Lipinski definition) is 5. The lowest BCUT2D eigenvalue weighted by Crippen LogP contribution is -2.28. The van der Waals surface area contributed by atoms with Crippen molar-refractivity contribution in [2.24, 2.45) is 0 Å².